The van der Waals surface area contributed by atoms with E-state index in [0.29, 0.717) is 6.42 Å². The van der Waals surface area contributed by atoms with Gasteiger partial charge in [-0.05, 0) is 13.8 Å². The molecule has 1 atom stereocenters. The third-order valence-corrected chi connectivity index (χ3v) is 1.38. The summed E-state index contributed by atoms with van der Waals surface area (Å²) < 4.78 is 10.2. The van der Waals surface area contributed by atoms with Gasteiger partial charge in [0.05, 0.1) is 6.10 Å². The summed E-state index contributed by atoms with van der Waals surface area (Å²) in [7, 11) is 0. The molecule has 4 nitrogen and oxygen atoms in total. The maximum atomic E-state index is 11.1. The number of nitrogens with zero attached hydrogens (tertiary/aromatic N) is 1. The molecule has 0 aromatic heterocycles. The second-order valence-electron chi connectivity index (χ2n) is 3.02. The molecule has 0 rings (SSSR count). The van der Waals surface area contributed by atoms with Crippen LogP contribution in [0.3, 0.4) is 0 Å². The van der Waals surface area contributed by atoms with E-state index in [4.69, 9.17) is 14.7 Å². The fraction of sp³-hybridized carbons (Fsp3) is 0.600. The van der Waals surface area contributed by atoms with Crippen molar-refractivity contribution in [1.82, 2.24) is 0 Å². The third kappa shape index (κ3) is 4.63. The van der Waals surface area contributed by atoms with E-state index in [-0.39, 0.29) is 11.7 Å². The molecule has 4 heteroatoms. The maximum absolute atomic E-state index is 11.1. The summed E-state index contributed by atoms with van der Waals surface area (Å²) >= 11 is 0. The molecule has 0 saturated heterocycles. The van der Waals surface area contributed by atoms with E-state index < -0.39 is 12.3 Å². The van der Waals surface area contributed by atoms with Crippen molar-refractivity contribution in [2.24, 2.45) is 0 Å². The lowest BCUT2D eigenvalue weighted by Crippen LogP contribution is -2.24. The molecule has 0 saturated carbocycles. The largest absolute Gasteiger partial charge is 0.432 e. The van der Waals surface area contributed by atoms with Crippen LogP contribution in [0.2, 0.25) is 0 Å². The fourth-order valence-electron chi connectivity index (χ4n) is 0.747. The molecule has 0 bridgehead atoms. The highest BCUT2D eigenvalue weighted by Crippen LogP contribution is 2.06. The normalized spacial score (nSPS) is 11.9. The predicted octanol–water partition coefficient (Wildman–Crippen LogP) is 1.77. The molecule has 0 aliphatic carbocycles. The lowest BCUT2D eigenvalue weighted by atomic mass is 10.3. The Balaban J connectivity index is 4.13. The highest BCUT2D eigenvalue weighted by Gasteiger charge is 2.16. The number of carbonyl (C=O) groups is 1. The maximum Gasteiger partial charge on any atom is 0.350 e. The van der Waals surface area contributed by atoms with Gasteiger partial charge < -0.3 is 9.47 Å². The number of hydrogen-bond acceptors (Lipinski definition) is 4. The van der Waals surface area contributed by atoms with Crippen molar-refractivity contribution in [1.29, 1.82) is 5.26 Å². The molecule has 0 aromatic rings. The number of ether oxygens (including phenoxy) is 2. The quantitative estimate of drug-likeness (QED) is 0.291. The zero-order valence-electron chi connectivity index (χ0n) is 8.74. The summed E-state index contributed by atoms with van der Waals surface area (Å²) in [6, 6.07) is 1.62. The van der Waals surface area contributed by atoms with Crippen LogP contribution in [-0.4, -0.2) is 18.4 Å². The minimum absolute atomic E-state index is 0.0249. The molecule has 0 radical (unpaired) electrons. The Labute approximate surface area is 84.1 Å². The molecule has 0 aliphatic heterocycles. The number of nitriles is 1. The number of rotatable bonds is 5. The van der Waals surface area contributed by atoms with Gasteiger partial charge in [0.2, 0.25) is 6.29 Å². The Morgan fingerprint density at radius 3 is 2.50 bits per heavy atom. The summed E-state index contributed by atoms with van der Waals surface area (Å²) in [5, 5.41) is 8.38. The van der Waals surface area contributed by atoms with Crippen molar-refractivity contribution in [2.45, 2.75) is 39.6 Å². The van der Waals surface area contributed by atoms with E-state index in [9.17, 15) is 4.79 Å². The van der Waals surface area contributed by atoms with E-state index in [2.05, 4.69) is 6.58 Å². The lowest BCUT2D eigenvalue weighted by molar-refractivity contribution is -0.182. The van der Waals surface area contributed by atoms with Crippen LogP contribution in [0.4, 0.5) is 0 Å². The van der Waals surface area contributed by atoms with Crippen molar-refractivity contribution in [2.75, 3.05) is 0 Å². The monoisotopic (exact) mass is 197 g/mol. The van der Waals surface area contributed by atoms with E-state index in [1.807, 2.05) is 20.8 Å². The van der Waals surface area contributed by atoms with Gasteiger partial charge in [0.15, 0.2) is 0 Å². The molecule has 0 N–H and O–H groups in total. The lowest BCUT2D eigenvalue weighted by Gasteiger charge is -2.18. The van der Waals surface area contributed by atoms with Crippen LogP contribution >= 0.6 is 0 Å². The Bertz CT molecular complexity index is 253. The predicted molar refractivity (Wildman–Crippen MR) is 51.1 cm³/mol. The van der Waals surface area contributed by atoms with Crippen LogP contribution in [0.5, 0.6) is 0 Å². The average molecular weight is 197 g/mol. The first kappa shape index (κ1) is 12.7. The van der Waals surface area contributed by atoms with Gasteiger partial charge in [-0.3, -0.25) is 0 Å². The van der Waals surface area contributed by atoms with Gasteiger partial charge in [-0.15, -0.1) is 0 Å². The summed E-state index contributed by atoms with van der Waals surface area (Å²) in [5.41, 5.74) is -0.212. The molecule has 0 amide bonds. The molecular formula is C10H15NO3. The minimum Gasteiger partial charge on any atom is -0.432 e. The second kappa shape index (κ2) is 6.17. The molecule has 0 fully saturated rings. The van der Waals surface area contributed by atoms with Crippen molar-refractivity contribution in [3.63, 3.8) is 0 Å². The SMILES string of the molecule is C=C(C#N)C(=O)OC(CC)OC(C)C. The van der Waals surface area contributed by atoms with Crippen molar-refractivity contribution >= 4 is 5.97 Å². The number of carbonyl (C=O) groups excluding carboxylic acids is 1. The molecule has 14 heavy (non-hydrogen) atoms. The van der Waals surface area contributed by atoms with Crippen LogP contribution in [0.25, 0.3) is 0 Å². The first-order valence-electron chi connectivity index (χ1n) is 4.46. The van der Waals surface area contributed by atoms with Gasteiger partial charge in [-0.25, -0.2) is 4.79 Å². The molecule has 0 aliphatic rings. The van der Waals surface area contributed by atoms with Gasteiger partial charge in [-0.1, -0.05) is 13.5 Å². The minimum atomic E-state index is -0.722. The molecule has 0 spiro atoms. The second-order valence-corrected chi connectivity index (χ2v) is 3.02. The van der Waals surface area contributed by atoms with Crippen LogP contribution in [0.15, 0.2) is 12.2 Å². The van der Waals surface area contributed by atoms with E-state index in [1.54, 1.807) is 6.07 Å². The zero-order valence-corrected chi connectivity index (χ0v) is 8.74. The van der Waals surface area contributed by atoms with Crippen molar-refractivity contribution < 1.29 is 14.3 Å². The first-order chi connectivity index (χ1) is 6.51. The van der Waals surface area contributed by atoms with Gasteiger partial charge in [0.25, 0.3) is 0 Å². The van der Waals surface area contributed by atoms with Crippen LogP contribution < -0.4 is 0 Å². The third-order valence-electron chi connectivity index (χ3n) is 1.38. The Morgan fingerprint density at radius 1 is 1.57 bits per heavy atom. The summed E-state index contributed by atoms with van der Waals surface area (Å²) in [6.07, 6.45) is -0.0847. The van der Waals surface area contributed by atoms with Gasteiger partial charge >= 0.3 is 5.97 Å². The van der Waals surface area contributed by atoms with E-state index >= 15 is 0 Å². The molecule has 0 heterocycles. The highest BCUT2D eigenvalue weighted by atomic mass is 16.7. The van der Waals surface area contributed by atoms with Gasteiger partial charge in [0.1, 0.15) is 11.6 Å². The highest BCUT2D eigenvalue weighted by molar-refractivity contribution is 5.91. The number of esters is 1. The summed E-state index contributed by atoms with van der Waals surface area (Å²) in [5.74, 6) is -0.722. The zero-order chi connectivity index (χ0) is 11.1. The van der Waals surface area contributed by atoms with Crippen LogP contribution in [0.1, 0.15) is 27.2 Å². The van der Waals surface area contributed by atoms with E-state index in [1.165, 1.54) is 0 Å². The van der Waals surface area contributed by atoms with Crippen LogP contribution in [0, 0.1) is 11.3 Å². The molecular weight excluding hydrogens is 182 g/mol. The van der Waals surface area contributed by atoms with Crippen molar-refractivity contribution in [3.05, 3.63) is 12.2 Å². The Morgan fingerprint density at radius 2 is 2.14 bits per heavy atom. The smallest absolute Gasteiger partial charge is 0.350 e. The number of hydrogen-bond donors (Lipinski definition) is 0. The topological polar surface area (TPSA) is 59.3 Å². The standard InChI is InChI=1S/C10H15NO3/c1-5-9(13-7(2)3)14-10(12)8(4)6-11/h7,9H,4-5H2,1-3H3. The fourth-order valence-corrected chi connectivity index (χ4v) is 0.747. The van der Waals surface area contributed by atoms with Gasteiger partial charge in [-0.2, -0.15) is 5.26 Å². The summed E-state index contributed by atoms with van der Waals surface area (Å²) in [4.78, 5) is 11.1. The summed E-state index contributed by atoms with van der Waals surface area (Å²) in [6.45, 7) is 8.76. The Kier molecular flexibility index (Phi) is 5.58. The Hall–Kier alpha value is -1.34. The average Bonchev–Trinajstić information content (AvgIpc) is 2.14. The van der Waals surface area contributed by atoms with Crippen molar-refractivity contribution in [3.8, 4) is 6.07 Å². The molecule has 1 unspecified atom stereocenters. The van der Waals surface area contributed by atoms with Gasteiger partial charge in [0, 0.05) is 6.42 Å². The molecule has 78 valence electrons. The first-order valence-corrected chi connectivity index (χ1v) is 4.46. The van der Waals surface area contributed by atoms with E-state index in [0.717, 1.165) is 0 Å². The molecule has 0 aromatic carbocycles. The van der Waals surface area contributed by atoms with Crippen LogP contribution in [-0.2, 0) is 14.3 Å².